The van der Waals surface area contributed by atoms with Gasteiger partial charge in [0, 0.05) is 44.0 Å². The van der Waals surface area contributed by atoms with Gasteiger partial charge in [-0.05, 0) is 38.0 Å². The topological polar surface area (TPSA) is 67.4 Å². The first kappa shape index (κ1) is 18.4. The maximum atomic E-state index is 12.9. The van der Waals surface area contributed by atoms with E-state index in [4.69, 9.17) is 4.52 Å². The summed E-state index contributed by atoms with van der Waals surface area (Å²) in [7, 11) is 0. The van der Waals surface area contributed by atoms with Gasteiger partial charge in [-0.2, -0.15) is 0 Å². The molecule has 0 unspecified atom stereocenters. The fourth-order valence-corrected chi connectivity index (χ4v) is 4.64. The molecule has 0 N–H and O–H groups in total. The van der Waals surface area contributed by atoms with Crippen LogP contribution in [0.1, 0.15) is 43.2 Å². The first-order valence-corrected chi connectivity index (χ1v) is 10.6. The van der Waals surface area contributed by atoms with Crippen LogP contribution in [0.5, 0.6) is 0 Å². The minimum absolute atomic E-state index is 0.0978. The second-order valence-corrected chi connectivity index (χ2v) is 8.29. The van der Waals surface area contributed by atoms with Crippen molar-refractivity contribution in [1.29, 1.82) is 0 Å². The molecule has 0 spiro atoms. The van der Waals surface area contributed by atoms with E-state index >= 15 is 0 Å². The van der Waals surface area contributed by atoms with Crippen molar-refractivity contribution in [2.75, 3.05) is 31.1 Å². The summed E-state index contributed by atoms with van der Waals surface area (Å²) in [6, 6.07) is 8.40. The number of fused-ring (bicyclic) bond motifs is 1. The van der Waals surface area contributed by atoms with Crippen molar-refractivity contribution in [3.05, 3.63) is 52.4 Å². The summed E-state index contributed by atoms with van der Waals surface area (Å²) in [6.45, 7) is 6.56. The van der Waals surface area contributed by atoms with Crippen molar-refractivity contribution in [1.82, 2.24) is 19.6 Å². The van der Waals surface area contributed by atoms with E-state index in [2.05, 4.69) is 32.1 Å². The molecule has 0 radical (unpaired) electrons. The molecule has 0 amide bonds. The van der Waals surface area contributed by atoms with E-state index in [0.717, 1.165) is 73.6 Å². The molecule has 1 aliphatic heterocycles. The molecule has 1 aromatic carbocycles. The molecule has 1 saturated heterocycles. The first-order valence-electron chi connectivity index (χ1n) is 10.6. The second kappa shape index (κ2) is 7.63. The van der Waals surface area contributed by atoms with Gasteiger partial charge in [0.1, 0.15) is 0 Å². The highest BCUT2D eigenvalue weighted by Gasteiger charge is 2.21. The molecule has 3 aromatic rings. The van der Waals surface area contributed by atoms with Gasteiger partial charge < -0.3 is 9.42 Å². The highest BCUT2D eigenvalue weighted by atomic mass is 16.5. The van der Waals surface area contributed by atoms with E-state index < -0.39 is 0 Å². The van der Waals surface area contributed by atoms with Gasteiger partial charge in [0.2, 0.25) is 0 Å². The van der Waals surface area contributed by atoms with Crippen molar-refractivity contribution in [3.8, 4) is 0 Å². The third-order valence-corrected chi connectivity index (χ3v) is 6.28. The number of rotatable bonds is 4. The van der Waals surface area contributed by atoms with Gasteiger partial charge in [-0.1, -0.05) is 18.0 Å². The van der Waals surface area contributed by atoms with Crippen LogP contribution < -0.4 is 10.5 Å². The van der Waals surface area contributed by atoms with Crippen molar-refractivity contribution in [2.45, 2.75) is 45.2 Å². The summed E-state index contributed by atoms with van der Waals surface area (Å²) in [4.78, 5) is 22.3. The van der Waals surface area contributed by atoms with Gasteiger partial charge >= 0.3 is 0 Å². The third-order valence-electron chi connectivity index (χ3n) is 6.28. The van der Waals surface area contributed by atoms with Gasteiger partial charge in [-0.3, -0.25) is 14.3 Å². The van der Waals surface area contributed by atoms with Crippen LogP contribution in [-0.2, 0) is 6.54 Å². The Kier molecular flexibility index (Phi) is 4.83. The zero-order valence-corrected chi connectivity index (χ0v) is 16.9. The normalized spacial score (nSPS) is 18.7. The average molecular weight is 393 g/mol. The minimum atomic E-state index is 0.0978. The number of hydrogen-bond donors (Lipinski definition) is 0. The molecule has 7 heteroatoms. The van der Waals surface area contributed by atoms with Crippen LogP contribution in [0.2, 0.25) is 0 Å². The predicted molar refractivity (Wildman–Crippen MR) is 112 cm³/mol. The lowest BCUT2D eigenvalue weighted by molar-refractivity contribution is 0.219. The third kappa shape index (κ3) is 3.67. The number of nitrogens with zero attached hydrogens (tertiary/aromatic N) is 5. The fraction of sp³-hybridized carbons (Fsp3) is 0.500. The van der Waals surface area contributed by atoms with Crippen LogP contribution in [0, 0.1) is 6.92 Å². The molecule has 2 fully saturated rings. The van der Waals surface area contributed by atoms with Crippen LogP contribution in [0.25, 0.3) is 10.9 Å². The van der Waals surface area contributed by atoms with Crippen LogP contribution in [0.3, 0.4) is 0 Å². The summed E-state index contributed by atoms with van der Waals surface area (Å²) in [5, 5.41) is 4.69. The molecule has 1 saturated carbocycles. The van der Waals surface area contributed by atoms with Crippen molar-refractivity contribution < 1.29 is 4.52 Å². The molecule has 2 aromatic heterocycles. The number of aromatic nitrogens is 3. The molecule has 5 rings (SSSR count). The maximum absolute atomic E-state index is 12.9. The molecule has 0 atom stereocenters. The van der Waals surface area contributed by atoms with Crippen LogP contribution in [0.4, 0.5) is 5.69 Å². The molecule has 3 heterocycles. The zero-order chi connectivity index (χ0) is 19.8. The van der Waals surface area contributed by atoms with Crippen LogP contribution in [-0.4, -0.2) is 45.8 Å². The Morgan fingerprint density at radius 2 is 1.90 bits per heavy atom. The van der Waals surface area contributed by atoms with Crippen molar-refractivity contribution in [2.24, 2.45) is 0 Å². The fourth-order valence-electron chi connectivity index (χ4n) is 4.64. The molecule has 0 bridgehead atoms. The Morgan fingerprint density at radius 1 is 1.10 bits per heavy atom. The highest BCUT2D eigenvalue weighted by molar-refractivity contribution is 5.81. The standard InChI is InChI=1S/C22H27N5O2/c1-16-12-19(29-24-16)14-25-8-10-26(11-9-25)18-6-7-20-21(13-18)23-15-27(22(20)28)17-4-2-3-5-17/h6-7,12-13,15,17H,2-5,8-11,14H2,1H3. The maximum Gasteiger partial charge on any atom is 0.261 e. The summed E-state index contributed by atoms with van der Waals surface area (Å²) in [5.41, 5.74) is 2.95. The van der Waals surface area contributed by atoms with E-state index in [9.17, 15) is 4.79 Å². The Morgan fingerprint density at radius 3 is 2.62 bits per heavy atom. The van der Waals surface area contributed by atoms with Gasteiger partial charge in [0.05, 0.1) is 29.5 Å². The molecular formula is C22H27N5O2. The molecular weight excluding hydrogens is 366 g/mol. The van der Waals surface area contributed by atoms with E-state index in [-0.39, 0.29) is 5.56 Å². The molecule has 2 aliphatic rings. The zero-order valence-electron chi connectivity index (χ0n) is 16.9. The van der Waals surface area contributed by atoms with Gasteiger partial charge in [-0.15, -0.1) is 0 Å². The van der Waals surface area contributed by atoms with E-state index in [0.29, 0.717) is 6.04 Å². The number of hydrogen-bond acceptors (Lipinski definition) is 6. The van der Waals surface area contributed by atoms with Gasteiger partial charge in [-0.25, -0.2) is 4.98 Å². The average Bonchev–Trinajstić information content (AvgIpc) is 3.41. The number of anilines is 1. The summed E-state index contributed by atoms with van der Waals surface area (Å²) >= 11 is 0. The molecule has 1 aliphatic carbocycles. The molecule has 7 nitrogen and oxygen atoms in total. The van der Waals surface area contributed by atoms with E-state index in [1.807, 2.05) is 23.6 Å². The number of aryl methyl sites for hydroxylation is 1. The van der Waals surface area contributed by atoms with Crippen molar-refractivity contribution >= 4 is 16.6 Å². The van der Waals surface area contributed by atoms with Gasteiger partial charge in [0.25, 0.3) is 5.56 Å². The summed E-state index contributed by atoms with van der Waals surface area (Å²) in [5.74, 6) is 0.921. The van der Waals surface area contributed by atoms with E-state index in [1.54, 1.807) is 6.33 Å². The lowest BCUT2D eigenvalue weighted by Gasteiger charge is -2.35. The summed E-state index contributed by atoms with van der Waals surface area (Å²) in [6.07, 6.45) is 6.33. The van der Waals surface area contributed by atoms with Crippen molar-refractivity contribution in [3.63, 3.8) is 0 Å². The van der Waals surface area contributed by atoms with E-state index in [1.165, 1.54) is 12.8 Å². The smallest absolute Gasteiger partial charge is 0.261 e. The Bertz CT molecular complexity index is 1060. The largest absolute Gasteiger partial charge is 0.369 e. The first-order chi connectivity index (χ1) is 14.2. The Hall–Kier alpha value is -2.67. The molecule has 152 valence electrons. The lowest BCUT2D eigenvalue weighted by Crippen LogP contribution is -2.45. The quantitative estimate of drug-likeness (QED) is 0.678. The highest BCUT2D eigenvalue weighted by Crippen LogP contribution is 2.28. The SMILES string of the molecule is Cc1cc(CN2CCN(c3ccc4c(=O)n(C5CCCC5)cnc4c3)CC2)on1. The Labute approximate surface area is 169 Å². The van der Waals surface area contributed by atoms with Gasteiger partial charge in [0.15, 0.2) is 5.76 Å². The van der Waals surface area contributed by atoms with Crippen LogP contribution in [0.15, 0.2) is 39.9 Å². The minimum Gasteiger partial charge on any atom is -0.369 e. The number of benzene rings is 1. The summed E-state index contributed by atoms with van der Waals surface area (Å²) < 4.78 is 7.19. The van der Waals surface area contributed by atoms with Crippen LogP contribution >= 0.6 is 0 Å². The second-order valence-electron chi connectivity index (χ2n) is 8.29. The monoisotopic (exact) mass is 393 g/mol. The lowest BCUT2D eigenvalue weighted by atomic mass is 10.1. The molecule has 29 heavy (non-hydrogen) atoms. The number of piperazine rings is 1. The predicted octanol–water partition coefficient (Wildman–Crippen LogP) is 3.13. The Balaban J connectivity index is 1.29.